The van der Waals surface area contributed by atoms with Gasteiger partial charge in [0, 0.05) is 23.5 Å². The number of halogens is 1. The van der Waals surface area contributed by atoms with Crippen molar-refractivity contribution in [3.8, 4) is 5.75 Å². The summed E-state index contributed by atoms with van der Waals surface area (Å²) in [6.45, 7) is 2.29. The van der Waals surface area contributed by atoms with Crippen molar-refractivity contribution in [3.05, 3.63) is 100 Å². The van der Waals surface area contributed by atoms with Gasteiger partial charge in [-0.25, -0.2) is 0 Å². The highest BCUT2D eigenvalue weighted by Crippen LogP contribution is 2.21. The zero-order chi connectivity index (χ0) is 26.7. The standard InChI is InChI=1S/C32H37BrN2O3/c1-2-24-15-19-29(20-16-24)38-23-31(36)35(22-26-13-17-27(33)18-14-26)30(21-25-9-5-3-6-10-25)32(37)34-28-11-7-4-8-12-28/h3,5-6,9-10,13-20,28,30H,2,4,7-8,11-12,21-23H2,1H3,(H,34,37). The van der Waals surface area contributed by atoms with Crippen molar-refractivity contribution < 1.29 is 14.3 Å². The molecule has 0 aliphatic heterocycles. The molecule has 1 saturated carbocycles. The van der Waals surface area contributed by atoms with Gasteiger partial charge in [-0.15, -0.1) is 0 Å². The molecular formula is C32H37BrN2O3. The predicted octanol–water partition coefficient (Wildman–Crippen LogP) is 6.48. The minimum atomic E-state index is -0.651. The van der Waals surface area contributed by atoms with E-state index in [0.717, 1.165) is 47.7 Å². The SMILES string of the molecule is CCc1ccc(OCC(=O)N(Cc2ccc(Br)cc2)C(Cc2ccccc2)C(=O)NC2CCCCC2)cc1. The monoisotopic (exact) mass is 576 g/mol. The summed E-state index contributed by atoms with van der Waals surface area (Å²) in [5.41, 5.74) is 3.18. The van der Waals surface area contributed by atoms with Gasteiger partial charge in [0.2, 0.25) is 5.91 Å². The molecule has 4 rings (SSSR count). The Bertz CT molecular complexity index is 1160. The van der Waals surface area contributed by atoms with Crippen LogP contribution >= 0.6 is 15.9 Å². The largest absolute Gasteiger partial charge is 0.484 e. The second-order valence-electron chi connectivity index (χ2n) is 9.98. The Kier molecular flexibility index (Phi) is 10.4. The summed E-state index contributed by atoms with van der Waals surface area (Å²) in [7, 11) is 0. The summed E-state index contributed by atoms with van der Waals surface area (Å²) >= 11 is 3.49. The van der Waals surface area contributed by atoms with Gasteiger partial charge in [0.1, 0.15) is 11.8 Å². The number of hydrogen-bond donors (Lipinski definition) is 1. The Morgan fingerprint density at radius 2 is 1.55 bits per heavy atom. The van der Waals surface area contributed by atoms with Crippen LogP contribution in [0.3, 0.4) is 0 Å². The molecule has 1 atom stereocenters. The van der Waals surface area contributed by atoms with Crippen LogP contribution in [0.4, 0.5) is 0 Å². The van der Waals surface area contributed by atoms with E-state index >= 15 is 0 Å². The fourth-order valence-electron chi connectivity index (χ4n) is 4.93. The molecular weight excluding hydrogens is 540 g/mol. The highest BCUT2D eigenvalue weighted by Gasteiger charge is 2.32. The van der Waals surface area contributed by atoms with E-state index in [0.29, 0.717) is 18.7 Å². The van der Waals surface area contributed by atoms with Crippen molar-refractivity contribution in [2.45, 2.75) is 70.5 Å². The number of benzene rings is 3. The number of ether oxygens (including phenoxy) is 1. The summed E-state index contributed by atoms with van der Waals surface area (Å²) in [4.78, 5) is 29.2. The number of aryl methyl sites for hydroxylation is 1. The molecule has 1 N–H and O–H groups in total. The van der Waals surface area contributed by atoms with Crippen LogP contribution in [0.2, 0.25) is 0 Å². The van der Waals surface area contributed by atoms with Crippen LogP contribution in [0.1, 0.15) is 55.7 Å². The highest BCUT2D eigenvalue weighted by molar-refractivity contribution is 9.10. The first kappa shape index (κ1) is 27.9. The highest BCUT2D eigenvalue weighted by atomic mass is 79.9. The molecule has 0 aromatic heterocycles. The maximum absolute atomic E-state index is 13.8. The number of nitrogens with zero attached hydrogens (tertiary/aromatic N) is 1. The maximum Gasteiger partial charge on any atom is 0.261 e. The Labute approximate surface area is 234 Å². The fraction of sp³-hybridized carbons (Fsp3) is 0.375. The summed E-state index contributed by atoms with van der Waals surface area (Å²) in [6.07, 6.45) is 6.82. The number of rotatable bonds is 11. The zero-order valence-electron chi connectivity index (χ0n) is 22.1. The van der Waals surface area contributed by atoms with Gasteiger partial charge < -0.3 is 15.0 Å². The van der Waals surface area contributed by atoms with Gasteiger partial charge in [-0.2, -0.15) is 0 Å². The molecule has 0 radical (unpaired) electrons. The number of carbonyl (C=O) groups is 2. The first-order chi connectivity index (χ1) is 18.5. The molecule has 2 amide bonds. The molecule has 1 fully saturated rings. The van der Waals surface area contributed by atoms with Gasteiger partial charge in [-0.3, -0.25) is 9.59 Å². The van der Waals surface area contributed by atoms with E-state index in [-0.39, 0.29) is 24.5 Å². The lowest BCUT2D eigenvalue weighted by atomic mass is 9.94. The van der Waals surface area contributed by atoms with Crippen molar-refractivity contribution >= 4 is 27.7 Å². The lowest BCUT2D eigenvalue weighted by Gasteiger charge is -2.33. The van der Waals surface area contributed by atoms with Gasteiger partial charge in [0.05, 0.1) is 0 Å². The predicted molar refractivity (Wildman–Crippen MR) is 155 cm³/mol. The molecule has 6 heteroatoms. The molecule has 200 valence electrons. The topological polar surface area (TPSA) is 58.6 Å². The molecule has 0 saturated heterocycles. The fourth-order valence-corrected chi connectivity index (χ4v) is 5.20. The van der Waals surface area contributed by atoms with Crippen LogP contribution in [0, 0.1) is 0 Å². The summed E-state index contributed by atoms with van der Waals surface area (Å²) in [5, 5.41) is 3.27. The molecule has 1 aliphatic carbocycles. The molecule has 5 nitrogen and oxygen atoms in total. The third-order valence-corrected chi connectivity index (χ3v) is 7.71. The number of hydrogen-bond acceptors (Lipinski definition) is 3. The van der Waals surface area contributed by atoms with Crippen molar-refractivity contribution in [3.63, 3.8) is 0 Å². The molecule has 1 unspecified atom stereocenters. The van der Waals surface area contributed by atoms with Crippen molar-refractivity contribution in [2.24, 2.45) is 0 Å². The van der Waals surface area contributed by atoms with Crippen LogP contribution in [0.25, 0.3) is 0 Å². The smallest absolute Gasteiger partial charge is 0.261 e. The van der Waals surface area contributed by atoms with Gasteiger partial charge in [0.15, 0.2) is 6.61 Å². The third kappa shape index (κ3) is 8.19. The van der Waals surface area contributed by atoms with Crippen molar-refractivity contribution in [1.29, 1.82) is 0 Å². The van der Waals surface area contributed by atoms with E-state index < -0.39 is 6.04 Å². The summed E-state index contributed by atoms with van der Waals surface area (Å²) in [6, 6.07) is 25.1. The normalized spacial score (nSPS) is 14.5. The molecule has 0 heterocycles. The molecule has 0 bridgehead atoms. The molecule has 38 heavy (non-hydrogen) atoms. The lowest BCUT2D eigenvalue weighted by molar-refractivity contribution is -0.143. The van der Waals surface area contributed by atoms with E-state index in [2.05, 4.69) is 28.2 Å². The minimum absolute atomic E-state index is 0.0986. The van der Waals surface area contributed by atoms with Crippen LogP contribution < -0.4 is 10.1 Å². The first-order valence-electron chi connectivity index (χ1n) is 13.6. The van der Waals surface area contributed by atoms with Gasteiger partial charge >= 0.3 is 0 Å². The van der Waals surface area contributed by atoms with Crippen LogP contribution in [-0.4, -0.2) is 35.4 Å². The average Bonchev–Trinajstić information content (AvgIpc) is 2.96. The zero-order valence-corrected chi connectivity index (χ0v) is 23.7. The van der Waals surface area contributed by atoms with Crippen molar-refractivity contribution in [1.82, 2.24) is 10.2 Å². The van der Waals surface area contributed by atoms with Gasteiger partial charge in [0.25, 0.3) is 5.91 Å². The van der Waals surface area contributed by atoms with Gasteiger partial charge in [-0.1, -0.05) is 96.7 Å². The van der Waals surface area contributed by atoms with Gasteiger partial charge in [-0.05, 0) is 60.2 Å². The van der Waals surface area contributed by atoms with Crippen LogP contribution in [0.5, 0.6) is 5.75 Å². The average molecular weight is 578 g/mol. The Morgan fingerprint density at radius 1 is 0.895 bits per heavy atom. The Balaban J connectivity index is 1.58. The minimum Gasteiger partial charge on any atom is -0.484 e. The lowest BCUT2D eigenvalue weighted by Crippen LogP contribution is -2.53. The number of nitrogens with one attached hydrogen (secondary N) is 1. The molecule has 3 aromatic carbocycles. The molecule has 0 spiro atoms. The molecule has 1 aliphatic rings. The van der Waals surface area contributed by atoms with E-state index in [4.69, 9.17) is 4.74 Å². The number of amides is 2. The van der Waals surface area contributed by atoms with E-state index in [1.807, 2.05) is 78.9 Å². The summed E-state index contributed by atoms with van der Waals surface area (Å²) in [5.74, 6) is 0.330. The number of carbonyl (C=O) groups excluding carboxylic acids is 2. The molecule has 3 aromatic rings. The van der Waals surface area contributed by atoms with Crippen LogP contribution in [0.15, 0.2) is 83.3 Å². The van der Waals surface area contributed by atoms with Crippen molar-refractivity contribution in [2.75, 3.05) is 6.61 Å². The first-order valence-corrected chi connectivity index (χ1v) is 14.4. The Hall–Kier alpha value is -3.12. The van der Waals surface area contributed by atoms with E-state index in [1.165, 1.54) is 12.0 Å². The second-order valence-corrected chi connectivity index (χ2v) is 10.9. The summed E-state index contributed by atoms with van der Waals surface area (Å²) < 4.78 is 6.87. The van der Waals surface area contributed by atoms with Crippen LogP contribution in [-0.2, 0) is 29.0 Å². The Morgan fingerprint density at radius 3 is 2.21 bits per heavy atom. The van der Waals surface area contributed by atoms with E-state index in [1.54, 1.807) is 4.90 Å². The van der Waals surface area contributed by atoms with E-state index in [9.17, 15) is 9.59 Å². The quantitative estimate of drug-likeness (QED) is 0.284. The second kappa shape index (κ2) is 14.1. The third-order valence-electron chi connectivity index (χ3n) is 7.18. The maximum atomic E-state index is 13.8.